The number of rotatable bonds is 5. The Kier molecular flexibility index (Phi) is 6.22. The molecule has 1 aliphatic carbocycles. The van der Waals surface area contributed by atoms with Crippen molar-refractivity contribution < 1.29 is 5.11 Å². The van der Waals surface area contributed by atoms with E-state index in [1.807, 2.05) is 7.05 Å². The van der Waals surface area contributed by atoms with Gasteiger partial charge < -0.3 is 15.3 Å². The minimum atomic E-state index is -0.105. The first kappa shape index (κ1) is 12.9. The van der Waals surface area contributed by atoms with Crippen molar-refractivity contribution in [3.63, 3.8) is 0 Å². The second kappa shape index (κ2) is 7.20. The summed E-state index contributed by atoms with van der Waals surface area (Å²) in [6.45, 7) is 2.15. The fourth-order valence-corrected chi connectivity index (χ4v) is 2.45. The second-order valence-corrected chi connectivity index (χ2v) is 4.71. The maximum absolute atomic E-state index is 10.0. The van der Waals surface area contributed by atoms with Crippen LogP contribution in [-0.4, -0.2) is 49.3 Å². The highest BCUT2D eigenvalue weighted by molar-refractivity contribution is 4.80. The summed E-state index contributed by atoms with van der Waals surface area (Å²) in [5.41, 5.74) is 0. The molecule has 1 saturated carbocycles. The highest BCUT2D eigenvalue weighted by Gasteiger charge is 2.24. The summed E-state index contributed by atoms with van der Waals surface area (Å²) in [5.74, 6) is 0. The van der Waals surface area contributed by atoms with E-state index in [0.29, 0.717) is 6.04 Å². The molecule has 3 nitrogen and oxygen atoms in total. The zero-order valence-corrected chi connectivity index (χ0v) is 10.2. The molecule has 0 spiro atoms. The largest absolute Gasteiger partial charge is 0.391 e. The van der Waals surface area contributed by atoms with Crippen molar-refractivity contribution in [2.24, 2.45) is 0 Å². The normalized spacial score (nSPS) is 28.0. The summed E-state index contributed by atoms with van der Waals surface area (Å²) in [6, 6.07) is 0.393. The summed E-state index contributed by atoms with van der Waals surface area (Å²) in [4.78, 5) is 2.34. The average Bonchev–Trinajstić information content (AvgIpc) is 2.43. The molecule has 0 radical (unpaired) electrons. The van der Waals surface area contributed by atoms with Crippen molar-refractivity contribution in [3.8, 4) is 0 Å². The highest BCUT2D eigenvalue weighted by atomic mass is 16.3. The van der Waals surface area contributed by atoms with Crippen LogP contribution < -0.4 is 5.32 Å². The Bertz CT molecular complexity index is 164. The van der Waals surface area contributed by atoms with Crippen LogP contribution in [0.3, 0.4) is 0 Å². The molecule has 0 bridgehead atoms. The van der Waals surface area contributed by atoms with Crippen molar-refractivity contribution in [2.45, 2.75) is 50.7 Å². The van der Waals surface area contributed by atoms with Crippen LogP contribution >= 0.6 is 0 Å². The van der Waals surface area contributed by atoms with Gasteiger partial charge in [-0.3, -0.25) is 0 Å². The molecule has 2 atom stereocenters. The monoisotopic (exact) mass is 214 g/mol. The first-order valence-electron chi connectivity index (χ1n) is 6.28. The van der Waals surface area contributed by atoms with Gasteiger partial charge in [0.15, 0.2) is 0 Å². The van der Waals surface area contributed by atoms with Gasteiger partial charge in [0.25, 0.3) is 0 Å². The van der Waals surface area contributed by atoms with Crippen LogP contribution in [0.4, 0.5) is 0 Å². The molecule has 3 heteroatoms. The SMILES string of the molecule is CNCCCN(C)C1CCCCCC1O. The predicted molar refractivity (Wildman–Crippen MR) is 64.1 cm³/mol. The standard InChI is InChI=1S/C12H26N2O/c1-13-9-6-10-14(2)11-7-4-3-5-8-12(11)15/h11-13,15H,3-10H2,1-2H3. The van der Waals surface area contributed by atoms with Crippen LogP contribution in [0.1, 0.15) is 38.5 Å². The smallest absolute Gasteiger partial charge is 0.0695 e. The Morgan fingerprint density at radius 2 is 2.00 bits per heavy atom. The molecule has 0 aromatic rings. The Balaban J connectivity index is 2.31. The Hall–Kier alpha value is -0.120. The molecule has 0 heterocycles. The van der Waals surface area contributed by atoms with Crippen LogP contribution in [0.5, 0.6) is 0 Å². The molecule has 0 saturated heterocycles. The van der Waals surface area contributed by atoms with Crippen molar-refractivity contribution >= 4 is 0 Å². The maximum atomic E-state index is 10.0. The van der Waals surface area contributed by atoms with Gasteiger partial charge in [0.1, 0.15) is 0 Å². The fourth-order valence-electron chi connectivity index (χ4n) is 2.45. The Morgan fingerprint density at radius 3 is 2.73 bits per heavy atom. The first-order chi connectivity index (χ1) is 7.25. The van der Waals surface area contributed by atoms with Gasteiger partial charge in [0.05, 0.1) is 6.10 Å². The molecule has 1 fully saturated rings. The molecule has 2 unspecified atom stereocenters. The van der Waals surface area contributed by atoms with Gasteiger partial charge in [-0.25, -0.2) is 0 Å². The zero-order chi connectivity index (χ0) is 11.1. The topological polar surface area (TPSA) is 35.5 Å². The number of nitrogens with zero attached hydrogens (tertiary/aromatic N) is 1. The number of hydrogen-bond acceptors (Lipinski definition) is 3. The molecule has 90 valence electrons. The summed E-state index contributed by atoms with van der Waals surface area (Å²) in [5, 5.41) is 13.2. The van der Waals surface area contributed by atoms with Crippen LogP contribution in [0.2, 0.25) is 0 Å². The van der Waals surface area contributed by atoms with E-state index in [-0.39, 0.29) is 6.10 Å². The van der Waals surface area contributed by atoms with E-state index < -0.39 is 0 Å². The van der Waals surface area contributed by atoms with Crippen LogP contribution in [0, 0.1) is 0 Å². The summed E-state index contributed by atoms with van der Waals surface area (Å²) in [6.07, 6.45) is 6.97. The molecule has 0 aromatic heterocycles. The predicted octanol–water partition coefficient (Wildman–Crippen LogP) is 1.22. The molecule has 1 aliphatic rings. The Labute approximate surface area is 93.9 Å². The minimum absolute atomic E-state index is 0.105. The number of hydrogen-bond donors (Lipinski definition) is 2. The molecule has 15 heavy (non-hydrogen) atoms. The van der Waals surface area contributed by atoms with E-state index in [1.54, 1.807) is 0 Å². The van der Waals surface area contributed by atoms with E-state index in [9.17, 15) is 5.11 Å². The van der Waals surface area contributed by atoms with Gasteiger partial charge >= 0.3 is 0 Å². The number of aliphatic hydroxyl groups excluding tert-OH is 1. The van der Waals surface area contributed by atoms with E-state index in [2.05, 4.69) is 17.3 Å². The molecule has 1 rings (SSSR count). The van der Waals surface area contributed by atoms with Gasteiger partial charge in [0.2, 0.25) is 0 Å². The maximum Gasteiger partial charge on any atom is 0.0695 e. The number of aliphatic hydroxyl groups is 1. The zero-order valence-electron chi connectivity index (χ0n) is 10.2. The molecule has 2 N–H and O–H groups in total. The van der Waals surface area contributed by atoms with E-state index in [4.69, 9.17) is 0 Å². The fraction of sp³-hybridized carbons (Fsp3) is 1.00. The van der Waals surface area contributed by atoms with Crippen molar-refractivity contribution in [1.29, 1.82) is 0 Å². The Morgan fingerprint density at radius 1 is 1.27 bits per heavy atom. The third kappa shape index (κ3) is 4.49. The highest BCUT2D eigenvalue weighted by Crippen LogP contribution is 2.21. The third-order valence-corrected chi connectivity index (χ3v) is 3.45. The molecule has 0 amide bonds. The van der Waals surface area contributed by atoms with Gasteiger partial charge in [0, 0.05) is 6.04 Å². The number of nitrogens with one attached hydrogen (secondary N) is 1. The lowest BCUT2D eigenvalue weighted by molar-refractivity contribution is 0.0576. The molecule has 0 aromatic carbocycles. The van der Waals surface area contributed by atoms with Crippen molar-refractivity contribution in [2.75, 3.05) is 27.2 Å². The van der Waals surface area contributed by atoms with Crippen LogP contribution in [0.25, 0.3) is 0 Å². The summed E-state index contributed by atoms with van der Waals surface area (Å²) >= 11 is 0. The van der Waals surface area contributed by atoms with Gasteiger partial charge in [-0.1, -0.05) is 19.3 Å². The minimum Gasteiger partial charge on any atom is -0.391 e. The first-order valence-corrected chi connectivity index (χ1v) is 6.28. The van der Waals surface area contributed by atoms with E-state index in [1.165, 1.54) is 19.3 Å². The van der Waals surface area contributed by atoms with Crippen molar-refractivity contribution in [1.82, 2.24) is 10.2 Å². The van der Waals surface area contributed by atoms with Crippen LogP contribution in [-0.2, 0) is 0 Å². The summed E-state index contributed by atoms with van der Waals surface area (Å²) in [7, 11) is 4.13. The van der Waals surface area contributed by atoms with E-state index in [0.717, 1.165) is 32.4 Å². The van der Waals surface area contributed by atoms with Crippen LogP contribution in [0.15, 0.2) is 0 Å². The third-order valence-electron chi connectivity index (χ3n) is 3.45. The average molecular weight is 214 g/mol. The quantitative estimate of drug-likeness (QED) is 0.533. The summed E-state index contributed by atoms with van der Waals surface area (Å²) < 4.78 is 0. The molecular weight excluding hydrogens is 188 g/mol. The van der Waals surface area contributed by atoms with Crippen molar-refractivity contribution in [3.05, 3.63) is 0 Å². The number of likely N-dealkylation sites (N-methyl/N-ethyl adjacent to an activating group) is 1. The molecular formula is C12H26N2O. The lowest BCUT2D eigenvalue weighted by Gasteiger charge is -2.30. The van der Waals surface area contributed by atoms with Gasteiger partial charge in [-0.15, -0.1) is 0 Å². The van der Waals surface area contributed by atoms with Gasteiger partial charge in [-0.05, 0) is 46.4 Å². The molecule has 0 aliphatic heterocycles. The second-order valence-electron chi connectivity index (χ2n) is 4.71. The lowest BCUT2D eigenvalue weighted by atomic mass is 10.0. The lowest BCUT2D eigenvalue weighted by Crippen LogP contribution is -2.41. The van der Waals surface area contributed by atoms with Gasteiger partial charge in [-0.2, -0.15) is 0 Å². The van der Waals surface area contributed by atoms with E-state index >= 15 is 0 Å².